The number of methoxy groups -OCH3 is 3. The van der Waals surface area contributed by atoms with Gasteiger partial charge in [0.25, 0.3) is 0 Å². The molecular weight excluding hydrogens is 236 g/mol. The SMILES string of the molecule is COC1=C(OC)C(=O)c2c(OC)cccc2C1=O. The molecule has 0 heterocycles. The van der Waals surface area contributed by atoms with Crippen LogP contribution < -0.4 is 4.74 Å². The minimum Gasteiger partial charge on any atom is -0.496 e. The van der Waals surface area contributed by atoms with Crippen LogP contribution in [0.4, 0.5) is 0 Å². The number of carbonyl (C=O) groups excluding carboxylic acids is 2. The number of benzene rings is 1. The molecule has 0 N–H and O–H groups in total. The fourth-order valence-corrected chi connectivity index (χ4v) is 1.94. The van der Waals surface area contributed by atoms with Crippen LogP contribution in [-0.4, -0.2) is 32.9 Å². The number of rotatable bonds is 3. The van der Waals surface area contributed by atoms with E-state index >= 15 is 0 Å². The van der Waals surface area contributed by atoms with Crippen LogP contribution in [0.5, 0.6) is 5.75 Å². The minimum atomic E-state index is -0.415. The Balaban J connectivity index is 2.72. The maximum atomic E-state index is 12.2. The second-order valence-corrected chi connectivity index (χ2v) is 3.61. The van der Waals surface area contributed by atoms with Gasteiger partial charge < -0.3 is 14.2 Å². The van der Waals surface area contributed by atoms with Gasteiger partial charge in [0.1, 0.15) is 5.75 Å². The lowest BCUT2D eigenvalue weighted by molar-refractivity contribution is 0.0826. The molecule has 0 spiro atoms. The Morgan fingerprint density at radius 1 is 0.833 bits per heavy atom. The van der Waals surface area contributed by atoms with Gasteiger partial charge in [0.05, 0.1) is 26.9 Å². The number of hydrogen-bond acceptors (Lipinski definition) is 5. The van der Waals surface area contributed by atoms with Gasteiger partial charge in [-0.15, -0.1) is 0 Å². The molecule has 1 aliphatic carbocycles. The molecule has 0 atom stereocenters. The van der Waals surface area contributed by atoms with E-state index in [1.165, 1.54) is 21.3 Å². The van der Waals surface area contributed by atoms with E-state index in [0.717, 1.165) is 0 Å². The van der Waals surface area contributed by atoms with Gasteiger partial charge in [0.2, 0.25) is 23.1 Å². The van der Waals surface area contributed by atoms with Crippen molar-refractivity contribution in [3.05, 3.63) is 40.8 Å². The Bertz CT molecular complexity index is 557. The molecule has 0 saturated carbocycles. The normalized spacial score (nSPS) is 14.4. The molecule has 0 unspecified atom stereocenters. The lowest BCUT2D eigenvalue weighted by atomic mass is 9.91. The molecule has 2 rings (SSSR count). The molecule has 94 valence electrons. The highest BCUT2D eigenvalue weighted by atomic mass is 16.5. The van der Waals surface area contributed by atoms with E-state index in [1.54, 1.807) is 18.2 Å². The lowest BCUT2D eigenvalue weighted by Gasteiger charge is -2.20. The number of carbonyl (C=O) groups is 2. The Morgan fingerprint density at radius 3 is 2.00 bits per heavy atom. The van der Waals surface area contributed by atoms with E-state index in [0.29, 0.717) is 5.75 Å². The lowest BCUT2D eigenvalue weighted by Crippen LogP contribution is -2.24. The van der Waals surface area contributed by atoms with E-state index in [9.17, 15) is 9.59 Å². The van der Waals surface area contributed by atoms with Gasteiger partial charge in [0, 0.05) is 5.56 Å². The summed E-state index contributed by atoms with van der Waals surface area (Å²) in [5.41, 5.74) is 0.472. The fourth-order valence-electron chi connectivity index (χ4n) is 1.94. The zero-order valence-corrected chi connectivity index (χ0v) is 10.3. The monoisotopic (exact) mass is 248 g/mol. The highest BCUT2D eigenvalue weighted by Gasteiger charge is 2.36. The smallest absolute Gasteiger partial charge is 0.236 e. The second-order valence-electron chi connectivity index (χ2n) is 3.61. The maximum absolute atomic E-state index is 12.2. The number of Topliss-reactive ketones (excluding diaryl/α,β-unsaturated/α-hetero) is 2. The molecule has 0 saturated heterocycles. The maximum Gasteiger partial charge on any atom is 0.236 e. The molecule has 5 heteroatoms. The molecule has 1 aliphatic rings. The van der Waals surface area contributed by atoms with Crippen LogP contribution in [-0.2, 0) is 9.47 Å². The number of hydrogen-bond donors (Lipinski definition) is 0. The molecule has 0 fully saturated rings. The quantitative estimate of drug-likeness (QED) is 0.812. The van der Waals surface area contributed by atoms with Crippen molar-refractivity contribution in [2.75, 3.05) is 21.3 Å². The van der Waals surface area contributed by atoms with Gasteiger partial charge in [-0.2, -0.15) is 0 Å². The molecule has 0 radical (unpaired) electrons. The van der Waals surface area contributed by atoms with Gasteiger partial charge in [-0.25, -0.2) is 0 Å². The first-order valence-corrected chi connectivity index (χ1v) is 5.24. The Hall–Kier alpha value is -2.30. The third-order valence-corrected chi connectivity index (χ3v) is 2.74. The van der Waals surface area contributed by atoms with Gasteiger partial charge in [-0.1, -0.05) is 6.07 Å². The highest BCUT2D eigenvalue weighted by Crippen LogP contribution is 2.32. The van der Waals surface area contributed by atoms with Crippen molar-refractivity contribution in [2.24, 2.45) is 0 Å². The molecule has 0 aliphatic heterocycles. The highest BCUT2D eigenvalue weighted by molar-refractivity contribution is 6.26. The van der Waals surface area contributed by atoms with E-state index in [-0.39, 0.29) is 28.4 Å². The van der Waals surface area contributed by atoms with Crippen LogP contribution in [0.1, 0.15) is 20.7 Å². The van der Waals surface area contributed by atoms with Crippen molar-refractivity contribution in [3.63, 3.8) is 0 Å². The van der Waals surface area contributed by atoms with Gasteiger partial charge in [0.15, 0.2) is 0 Å². The first-order chi connectivity index (χ1) is 8.65. The summed E-state index contributed by atoms with van der Waals surface area (Å²) in [5.74, 6) is -0.637. The first-order valence-electron chi connectivity index (χ1n) is 5.24. The summed E-state index contributed by atoms with van der Waals surface area (Å²) in [6, 6.07) is 4.83. The van der Waals surface area contributed by atoms with E-state index in [2.05, 4.69) is 0 Å². The Kier molecular flexibility index (Phi) is 3.06. The summed E-state index contributed by atoms with van der Waals surface area (Å²) in [6.07, 6.45) is 0. The average Bonchev–Trinajstić information content (AvgIpc) is 2.41. The third-order valence-electron chi connectivity index (χ3n) is 2.74. The summed E-state index contributed by atoms with van der Waals surface area (Å²) in [5, 5.41) is 0. The van der Waals surface area contributed by atoms with Crippen molar-refractivity contribution in [1.82, 2.24) is 0 Å². The predicted octanol–water partition coefficient (Wildman–Crippen LogP) is 1.58. The van der Waals surface area contributed by atoms with Crippen molar-refractivity contribution < 1.29 is 23.8 Å². The van der Waals surface area contributed by atoms with Crippen LogP contribution in [0.25, 0.3) is 0 Å². The van der Waals surface area contributed by atoms with Crippen LogP contribution in [0.3, 0.4) is 0 Å². The Morgan fingerprint density at radius 2 is 1.44 bits per heavy atom. The van der Waals surface area contributed by atoms with Crippen molar-refractivity contribution >= 4 is 11.6 Å². The zero-order valence-electron chi connectivity index (χ0n) is 10.3. The molecule has 0 bridgehead atoms. The topological polar surface area (TPSA) is 61.8 Å². The van der Waals surface area contributed by atoms with Crippen molar-refractivity contribution in [3.8, 4) is 5.75 Å². The summed E-state index contributed by atoms with van der Waals surface area (Å²) >= 11 is 0. The summed E-state index contributed by atoms with van der Waals surface area (Å²) in [6.45, 7) is 0. The van der Waals surface area contributed by atoms with Crippen LogP contribution in [0, 0.1) is 0 Å². The summed E-state index contributed by atoms with van der Waals surface area (Å²) < 4.78 is 15.0. The number of allylic oxidation sites excluding steroid dienone is 2. The fraction of sp³-hybridized carbons (Fsp3) is 0.231. The molecule has 0 aromatic heterocycles. The summed E-state index contributed by atoms with van der Waals surface area (Å²) in [7, 11) is 4.08. The molecule has 1 aromatic rings. The summed E-state index contributed by atoms with van der Waals surface area (Å²) in [4.78, 5) is 24.4. The van der Waals surface area contributed by atoms with Gasteiger partial charge in [-0.3, -0.25) is 9.59 Å². The van der Waals surface area contributed by atoms with Crippen LogP contribution in [0.2, 0.25) is 0 Å². The number of fused-ring (bicyclic) bond motifs is 1. The minimum absolute atomic E-state index is 0.0803. The van der Waals surface area contributed by atoms with Crippen LogP contribution >= 0.6 is 0 Å². The largest absolute Gasteiger partial charge is 0.496 e. The molecule has 1 aromatic carbocycles. The zero-order chi connectivity index (χ0) is 13.3. The molecule has 18 heavy (non-hydrogen) atoms. The predicted molar refractivity (Wildman–Crippen MR) is 62.7 cm³/mol. The van der Waals surface area contributed by atoms with Crippen molar-refractivity contribution in [1.29, 1.82) is 0 Å². The van der Waals surface area contributed by atoms with E-state index < -0.39 is 5.78 Å². The number of ketones is 2. The molecule has 0 amide bonds. The first kappa shape index (κ1) is 12.2. The van der Waals surface area contributed by atoms with E-state index in [4.69, 9.17) is 14.2 Å². The Labute approximate surface area is 104 Å². The third kappa shape index (κ3) is 1.55. The molecule has 5 nitrogen and oxygen atoms in total. The number of ether oxygens (including phenoxy) is 3. The second kappa shape index (κ2) is 4.52. The average molecular weight is 248 g/mol. The standard InChI is InChI=1S/C13H12O5/c1-16-8-6-4-5-7-9(8)11(15)13(18-3)12(17-2)10(7)14/h4-6H,1-3H3. The van der Waals surface area contributed by atoms with E-state index in [1.807, 2.05) is 0 Å². The van der Waals surface area contributed by atoms with Gasteiger partial charge >= 0.3 is 0 Å². The van der Waals surface area contributed by atoms with Gasteiger partial charge in [-0.05, 0) is 12.1 Å². The van der Waals surface area contributed by atoms with Crippen molar-refractivity contribution in [2.45, 2.75) is 0 Å². The molecular formula is C13H12O5. The van der Waals surface area contributed by atoms with Crippen LogP contribution in [0.15, 0.2) is 29.7 Å².